The summed E-state index contributed by atoms with van der Waals surface area (Å²) >= 11 is 3.56. The Labute approximate surface area is 170 Å². The molecular weight excluding hydrogens is 406 g/mol. The summed E-state index contributed by atoms with van der Waals surface area (Å²) in [7, 11) is 1.90. The number of ether oxygens (including phenoxy) is 2. The van der Waals surface area contributed by atoms with E-state index in [2.05, 4.69) is 55.4 Å². The number of aliphatic imine (C=N–C) groups is 1. The standard InChI is InChI=1S/C21H30BrN3O2/c1-23-19(25-10-6-20(15-25)7-11-27-16-20)24-14-21(8-12-26-13-9-21)17-2-4-18(22)5-3-17/h2-5H,6-16H2,1H3,(H,23,24). The van der Waals surface area contributed by atoms with Crippen molar-refractivity contribution in [1.29, 1.82) is 0 Å². The molecule has 1 aromatic rings. The van der Waals surface area contributed by atoms with Crippen LogP contribution in [-0.2, 0) is 14.9 Å². The first kappa shape index (κ1) is 19.2. The molecule has 3 aliphatic heterocycles. The highest BCUT2D eigenvalue weighted by Gasteiger charge is 2.42. The van der Waals surface area contributed by atoms with Crippen LogP contribution >= 0.6 is 15.9 Å². The van der Waals surface area contributed by atoms with Gasteiger partial charge in [-0.3, -0.25) is 4.99 Å². The van der Waals surface area contributed by atoms with E-state index in [1.54, 1.807) is 0 Å². The van der Waals surface area contributed by atoms with Gasteiger partial charge in [0.15, 0.2) is 5.96 Å². The van der Waals surface area contributed by atoms with Crippen molar-refractivity contribution in [2.24, 2.45) is 10.4 Å². The summed E-state index contributed by atoms with van der Waals surface area (Å²) in [5.74, 6) is 1.03. The van der Waals surface area contributed by atoms with Crippen molar-refractivity contribution in [2.75, 3.05) is 53.1 Å². The Bertz CT molecular complexity index is 665. The van der Waals surface area contributed by atoms with Crippen molar-refractivity contribution in [3.8, 4) is 0 Å². The lowest BCUT2D eigenvalue weighted by Gasteiger charge is -2.39. The summed E-state index contributed by atoms with van der Waals surface area (Å²) < 4.78 is 12.5. The van der Waals surface area contributed by atoms with Crippen LogP contribution in [0.5, 0.6) is 0 Å². The minimum atomic E-state index is 0.1000. The van der Waals surface area contributed by atoms with Gasteiger partial charge in [0, 0.05) is 61.8 Å². The molecule has 148 valence electrons. The number of guanidine groups is 1. The van der Waals surface area contributed by atoms with E-state index in [0.717, 1.165) is 69.3 Å². The van der Waals surface area contributed by atoms with E-state index in [-0.39, 0.29) is 5.41 Å². The molecule has 27 heavy (non-hydrogen) atoms. The van der Waals surface area contributed by atoms with Gasteiger partial charge in [0.1, 0.15) is 0 Å². The lowest BCUT2D eigenvalue weighted by Crippen LogP contribution is -2.49. The second kappa shape index (κ2) is 8.10. The highest BCUT2D eigenvalue weighted by molar-refractivity contribution is 9.10. The summed E-state index contributed by atoms with van der Waals surface area (Å²) in [6.45, 7) is 6.47. The second-order valence-electron chi connectivity index (χ2n) is 8.27. The van der Waals surface area contributed by atoms with Crippen LogP contribution in [0.15, 0.2) is 33.7 Å². The van der Waals surface area contributed by atoms with E-state index in [1.807, 2.05) is 7.05 Å². The van der Waals surface area contributed by atoms with Crippen LogP contribution in [0.25, 0.3) is 0 Å². The number of hydrogen-bond acceptors (Lipinski definition) is 3. The van der Waals surface area contributed by atoms with E-state index in [4.69, 9.17) is 9.47 Å². The van der Waals surface area contributed by atoms with Gasteiger partial charge in [-0.15, -0.1) is 0 Å². The topological polar surface area (TPSA) is 46.1 Å². The first-order valence-corrected chi connectivity index (χ1v) is 10.8. The molecule has 0 amide bonds. The maximum Gasteiger partial charge on any atom is 0.193 e. The fraction of sp³-hybridized carbons (Fsp3) is 0.667. The van der Waals surface area contributed by atoms with Gasteiger partial charge in [0.25, 0.3) is 0 Å². The molecule has 0 radical (unpaired) electrons. The largest absolute Gasteiger partial charge is 0.381 e. The smallest absolute Gasteiger partial charge is 0.193 e. The Morgan fingerprint density at radius 3 is 2.52 bits per heavy atom. The summed E-state index contributed by atoms with van der Waals surface area (Å²) in [6.07, 6.45) is 4.47. The van der Waals surface area contributed by atoms with Crippen molar-refractivity contribution in [3.63, 3.8) is 0 Å². The molecule has 0 aliphatic carbocycles. The van der Waals surface area contributed by atoms with Gasteiger partial charge < -0.3 is 19.7 Å². The molecule has 0 bridgehead atoms. The van der Waals surface area contributed by atoms with Crippen molar-refractivity contribution in [2.45, 2.75) is 31.1 Å². The predicted molar refractivity (Wildman–Crippen MR) is 111 cm³/mol. The number of halogens is 1. The summed E-state index contributed by atoms with van der Waals surface area (Å²) in [5.41, 5.74) is 1.83. The molecule has 3 fully saturated rings. The maximum absolute atomic E-state index is 5.68. The Morgan fingerprint density at radius 2 is 1.85 bits per heavy atom. The number of benzene rings is 1. The van der Waals surface area contributed by atoms with E-state index in [9.17, 15) is 0 Å². The summed E-state index contributed by atoms with van der Waals surface area (Å²) in [4.78, 5) is 7.02. The van der Waals surface area contributed by atoms with Crippen LogP contribution in [0.1, 0.15) is 31.2 Å². The Hall–Kier alpha value is -1.11. The normalized spacial score (nSPS) is 28.1. The van der Waals surface area contributed by atoms with Crippen LogP contribution < -0.4 is 5.32 Å². The Kier molecular flexibility index (Phi) is 5.76. The van der Waals surface area contributed by atoms with Crippen LogP contribution in [0.3, 0.4) is 0 Å². The minimum Gasteiger partial charge on any atom is -0.381 e. The number of rotatable bonds is 3. The van der Waals surface area contributed by atoms with E-state index >= 15 is 0 Å². The molecule has 0 saturated carbocycles. The van der Waals surface area contributed by atoms with Crippen molar-refractivity contribution in [3.05, 3.63) is 34.3 Å². The quantitative estimate of drug-likeness (QED) is 0.584. The monoisotopic (exact) mass is 435 g/mol. The second-order valence-corrected chi connectivity index (χ2v) is 9.19. The molecule has 3 aliphatic rings. The number of hydrogen-bond donors (Lipinski definition) is 1. The zero-order chi connectivity index (χ0) is 18.7. The third kappa shape index (κ3) is 4.03. The molecule has 4 rings (SSSR count). The number of nitrogens with one attached hydrogen (secondary N) is 1. The van der Waals surface area contributed by atoms with Crippen LogP contribution in [0.4, 0.5) is 0 Å². The van der Waals surface area contributed by atoms with Gasteiger partial charge in [0.2, 0.25) is 0 Å². The number of likely N-dealkylation sites (tertiary alicyclic amines) is 1. The lowest BCUT2D eigenvalue weighted by molar-refractivity contribution is 0.0512. The first-order valence-electron chi connectivity index (χ1n) is 10.0. The molecular formula is C21H30BrN3O2. The SMILES string of the molecule is CN=C(NCC1(c2ccc(Br)cc2)CCOCC1)N1CCC2(CCOC2)C1. The molecule has 1 atom stereocenters. The Balaban J connectivity index is 1.46. The van der Waals surface area contributed by atoms with Gasteiger partial charge in [-0.05, 0) is 43.4 Å². The lowest BCUT2D eigenvalue weighted by atomic mass is 9.74. The zero-order valence-electron chi connectivity index (χ0n) is 16.2. The molecule has 3 saturated heterocycles. The summed E-state index contributed by atoms with van der Waals surface area (Å²) in [5, 5.41) is 3.71. The van der Waals surface area contributed by atoms with E-state index in [0.29, 0.717) is 5.41 Å². The van der Waals surface area contributed by atoms with Crippen LogP contribution in [0, 0.1) is 5.41 Å². The van der Waals surface area contributed by atoms with Gasteiger partial charge in [-0.1, -0.05) is 28.1 Å². The number of nitrogens with zero attached hydrogens (tertiary/aromatic N) is 2. The molecule has 5 nitrogen and oxygen atoms in total. The van der Waals surface area contributed by atoms with Gasteiger partial charge >= 0.3 is 0 Å². The maximum atomic E-state index is 5.68. The third-order valence-electron chi connectivity index (χ3n) is 6.63. The fourth-order valence-electron chi connectivity index (χ4n) is 4.80. The zero-order valence-corrected chi connectivity index (χ0v) is 17.8. The Morgan fingerprint density at radius 1 is 1.11 bits per heavy atom. The van der Waals surface area contributed by atoms with Crippen molar-refractivity contribution in [1.82, 2.24) is 10.2 Å². The highest BCUT2D eigenvalue weighted by atomic mass is 79.9. The van der Waals surface area contributed by atoms with Crippen LogP contribution in [-0.4, -0.2) is 64.0 Å². The van der Waals surface area contributed by atoms with Gasteiger partial charge in [-0.2, -0.15) is 0 Å². The third-order valence-corrected chi connectivity index (χ3v) is 7.15. The molecule has 1 N–H and O–H groups in total. The molecule has 0 aromatic heterocycles. The van der Waals surface area contributed by atoms with Crippen molar-refractivity contribution < 1.29 is 9.47 Å². The van der Waals surface area contributed by atoms with E-state index in [1.165, 1.54) is 18.4 Å². The van der Waals surface area contributed by atoms with E-state index < -0.39 is 0 Å². The molecule has 3 heterocycles. The van der Waals surface area contributed by atoms with Crippen LogP contribution in [0.2, 0.25) is 0 Å². The molecule has 1 unspecified atom stereocenters. The van der Waals surface area contributed by atoms with Crippen molar-refractivity contribution >= 4 is 21.9 Å². The average molecular weight is 436 g/mol. The fourth-order valence-corrected chi connectivity index (χ4v) is 5.07. The molecule has 1 aromatic carbocycles. The minimum absolute atomic E-state index is 0.1000. The van der Waals surface area contributed by atoms with Gasteiger partial charge in [-0.25, -0.2) is 0 Å². The summed E-state index contributed by atoms with van der Waals surface area (Å²) in [6, 6.07) is 8.79. The van der Waals surface area contributed by atoms with Gasteiger partial charge in [0.05, 0.1) is 6.61 Å². The molecule has 1 spiro atoms. The highest BCUT2D eigenvalue weighted by Crippen LogP contribution is 2.38. The molecule has 6 heteroatoms. The average Bonchev–Trinajstić information content (AvgIpc) is 3.34. The first-order chi connectivity index (χ1) is 13.1. The predicted octanol–water partition coefficient (Wildman–Crippen LogP) is 3.19.